The Labute approximate surface area is 142 Å². The van der Waals surface area contributed by atoms with Gasteiger partial charge in [-0.1, -0.05) is 87.0 Å². The maximum Gasteiger partial charge on any atom is -0.0187 e. The zero-order chi connectivity index (χ0) is 16.7. The summed E-state index contributed by atoms with van der Waals surface area (Å²) in [6, 6.07) is 17.9. The van der Waals surface area contributed by atoms with E-state index in [9.17, 15) is 0 Å². The van der Waals surface area contributed by atoms with Gasteiger partial charge in [0.2, 0.25) is 0 Å². The molecular weight excluding hydrogens is 276 g/mol. The first-order valence-corrected chi connectivity index (χ1v) is 8.93. The topological polar surface area (TPSA) is 0 Å². The normalized spacial score (nSPS) is 14.1. The molecule has 122 valence electrons. The van der Waals surface area contributed by atoms with Crippen LogP contribution in [-0.4, -0.2) is 0 Å². The van der Waals surface area contributed by atoms with E-state index in [0.717, 1.165) is 6.42 Å². The molecule has 0 bridgehead atoms. The van der Waals surface area contributed by atoms with Crippen molar-refractivity contribution in [2.75, 3.05) is 0 Å². The summed E-state index contributed by atoms with van der Waals surface area (Å²) in [4.78, 5) is 0. The summed E-state index contributed by atoms with van der Waals surface area (Å²) in [6.07, 6.45) is 8.09. The van der Waals surface area contributed by atoms with Crippen LogP contribution < -0.4 is 0 Å². The van der Waals surface area contributed by atoms with E-state index < -0.39 is 0 Å². The number of rotatable bonds is 7. The number of aryl methyl sites for hydroxylation is 1. The molecule has 0 saturated carbocycles. The Bertz CT molecular complexity index is 601. The molecule has 0 heteroatoms. The van der Waals surface area contributed by atoms with Crippen LogP contribution in [0.2, 0.25) is 0 Å². The second-order valence-corrected chi connectivity index (χ2v) is 6.77. The van der Waals surface area contributed by atoms with Gasteiger partial charge in [0.15, 0.2) is 0 Å². The Morgan fingerprint density at radius 1 is 0.826 bits per heavy atom. The molecule has 0 aliphatic carbocycles. The molecule has 0 heterocycles. The molecule has 0 aromatic heterocycles. The first-order valence-electron chi connectivity index (χ1n) is 8.93. The van der Waals surface area contributed by atoms with E-state index in [-0.39, 0.29) is 0 Å². The molecule has 2 rings (SSSR count). The van der Waals surface area contributed by atoms with Crippen molar-refractivity contribution in [2.45, 2.75) is 58.8 Å². The van der Waals surface area contributed by atoms with Crippen molar-refractivity contribution in [2.24, 2.45) is 0 Å². The second kappa shape index (κ2) is 8.72. The first-order chi connectivity index (χ1) is 11.1. The number of allylic oxidation sites excluding steroid dienone is 1. The molecule has 0 spiro atoms. The summed E-state index contributed by atoms with van der Waals surface area (Å²) >= 11 is 0. The summed E-state index contributed by atoms with van der Waals surface area (Å²) < 4.78 is 0. The average molecular weight is 306 g/mol. The lowest BCUT2D eigenvalue weighted by Crippen LogP contribution is -1.92. The van der Waals surface area contributed by atoms with Crippen molar-refractivity contribution in [3.8, 4) is 0 Å². The Morgan fingerprint density at radius 3 is 2.00 bits per heavy atom. The van der Waals surface area contributed by atoms with Crippen molar-refractivity contribution < 1.29 is 0 Å². The van der Waals surface area contributed by atoms with Gasteiger partial charge in [0.05, 0.1) is 0 Å². The van der Waals surface area contributed by atoms with Gasteiger partial charge in [0, 0.05) is 0 Å². The van der Waals surface area contributed by atoms with Gasteiger partial charge in [-0.15, -0.1) is 0 Å². The lowest BCUT2D eigenvalue weighted by molar-refractivity contribution is 0.691. The molecule has 0 saturated heterocycles. The average Bonchev–Trinajstić information content (AvgIpc) is 2.59. The molecule has 0 fully saturated rings. The SMILES string of the molecule is CCC(C)c1ccc(C=CCCC(C)c2ccc(C)cc2)cc1. The zero-order valence-corrected chi connectivity index (χ0v) is 15.0. The molecule has 2 aromatic carbocycles. The van der Waals surface area contributed by atoms with Crippen LogP contribution in [0.4, 0.5) is 0 Å². The molecule has 0 aliphatic heterocycles. The van der Waals surface area contributed by atoms with Crippen LogP contribution in [0.1, 0.15) is 74.1 Å². The highest BCUT2D eigenvalue weighted by Gasteiger charge is 2.04. The summed E-state index contributed by atoms with van der Waals surface area (Å²) in [5.74, 6) is 1.27. The highest BCUT2D eigenvalue weighted by atomic mass is 14.1. The van der Waals surface area contributed by atoms with Gasteiger partial charge in [0.25, 0.3) is 0 Å². The van der Waals surface area contributed by atoms with E-state index in [1.807, 2.05) is 0 Å². The Kier molecular flexibility index (Phi) is 6.65. The summed E-state index contributed by atoms with van der Waals surface area (Å²) in [7, 11) is 0. The fourth-order valence-corrected chi connectivity index (χ4v) is 2.80. The highest BCUT2D eigenvalue weighted by molar-refractivity contribution is 5.49. The van der Waals surface area contributed by atoms with Crippen molar-refractivity contribution in [3.05, 3.63) is 76.9 Å². The quantitative estimate of drug-likeness (QED) is 0.511. The fourth-order valence-electron chi connectivity index (χ4n) is 2.80. The molecule has 0 N–H and O–H groups in total. The molecule has 0 radical (unpaired) electrons. The highest BCUT2D eigenvalue weighted by Crippen LogP contribution is 2.22. The van der Waals surface area contributed by atoms with Gasteiger partial charge in [-0.25, -0.2) is 0 Å². The molecule has 2 aromatic rings. The molecule has 23 heavy (non-hydrogen) atoms. The van der Waals surface area contributed by atoms with E-state index in [0.29, 0.717) is 11.8 Å². The lowest BCUT2D eigenvalue weighted by Gasteiger charge is -2.10. The minimum atomic E-state index is 0.619. The molecular formula is C23H30. The minimum absolute atomic E-state index is 0.619. The Balaban J connectivity index is 1.83. The van der Waals surface area contributed by atoms with Crippen molar-refractivity contribution in [1.29, 1.82) is 0 Å². The van der Waals surface area contributed by atoms with Crippen LogP contribution in [-0.2, 0) is 0 Å². The molecule has 0 aliphatic rings. The van der Waals surface area contributed by atoms with Crippen LogP contribution in [0.3, 0.4) is 0 Å². The molecule has 0 amide bonds. The predicted octanol–water partition coefficient (Wildman–Crippen LogP) is 7.11. The zero-order valence-electron chi connectivity index (χ0n) is 15.0. The number of benzene rings is 2. The van der Waals surface area contributed by atoms with Gasteiger partial charge in [0.1, 0.15) is 0 Å². The Morgan fingerprint density at radius 2 is 1.39 bits per heavy atom. The van der Waals surface area contributed by atoms with Gasteiger partial charge >= 0.3 is 0 Å². The monoisotopic (exact) mass is 306 g/mol. The van der Waals surface area contributed by atoms with Crippen molar-refractivity contribution >= 4 is 6.08 Å². The summed E-state index contributed by atoms with van der Waals surface area (Å²) in [5, 5.41) is 0. The maximum absolute atomic E-state index is 2.32. The van der Waals surface area contributed by atoms with Gasteiger partial charge in [-0.2, -0.15) is 0 Å². The fraction of sp³-hybridized carbons (Fsp3) is 0.391. The first kappa shape index (κ1) is 17.5. The maximum atomic E-state index is 2.32. The third-order valence-corrected chi connectivity index (χ3v) is 4.84. The van der Waals surface area contributed by atoms with Gasteiger partial charge in [-0.3, -0.25) is 0 Å². The van der Waals surface area contributed by atoms with Crippen LogP contribution >= 0.6 is 0 Å². The minimum Gasteiger partial charge on any atom is -0.0839 e. The third-order valence-electron chi connectivity index (χ3n) is 4.84. The third kappa shape index (κ3) is 5.39. The lowest BCUT2D eigenvalue weighted by atomic mass is 9.95. The standard InChI is InChI=1S/C23H30/c1-5-19(3)22-16-12-21(13-17-22)9-7-6-8-20(4)23-14-10-18(2)11-15-23/h7,9-17,19-20H,5-6,8H2,1-4H3. The smallest absolute Gasteiger partial charge is 0.0187 e. The van der Waals surface area contributed by atoms with E-state index in [4.69, 9.17) is 0 Å². The largest absolute Gasteiger partial charge is 0.0839 e. The second-order valence-electron chi connectivity index (χ2n) is 6.77. The number of hydrogen-bond acceptors (Lipinski definition) is 0. The summed E-state index contributed by atoms with van der Waals surface area (Å²) in [6.45, 7) is 8.99. The van der Waals surface area contributed by atoms with E-state index >= 15 is 0 Å². The summed E-state index contributed by atoms with van der Waals surface area (Å²) in [5.41, 5.74) is 5.53. The molecule has 0 nitrogen and oxygen atoms in total. The van der Waals surface area contributed by atoms with E-state index in [1.54, 1.807) is 0 Å². The van der Waals surface area contributed by atoms with E-state index in [1.165, 1.54) is 35.1 Å². The van der Waals surface area contributed by atoms with Crippen LogP contribution in [0.25, 0.3) is 6.08 Å². The predicted molar refractivity (Wildman–Crippen MR) is 103 cm³/mol. The van der Waals surface area contributed by atoms with Crippen molar-refractivity contribution in [1.82, 2.24) is 0 Å². The Hall–Kier alpha value is -1.82. The van der Waals surface area contributed by atoms with Crippen LogP contribution in [0, 0.1) is 6.92 Å². The van der Waals surface area contributed by atoms with Crippen LogP contribution in [0.5, 0.6) is 0 Å². The van der Waals surface area contributed by atoms with Gasteiger partial charge < -0.3 is 0 Å². The van der Waals surface area contributed by atoms with Crippen molar-refractivity contribution in [3.63, 3.8) is 0 Å². The molecule has 2 unspecified atom stereocenters. The molecule has 2 atom stereocenters. The number of hydrogen-bond donors (Lipinski definition) is 0. The van der Waals surface area contributed by atoms with E-state index in [2.05, 4.69) is 88.4 Å². The van der Waals surface area contributed by atoms with Crippen LogP contribution in [0.15, 0.2) is 54.6 Å². The van der Waals surface area contributed by atoms with Gasteiger partial charge in [-0.05, 0) is 54.7 Å².